The second kappa shape index (κ2) is 11.8. The molecule has 0 atom stereocenters. The zero-order valence-corrected chi connectivity index (χ0v) is 15.2. The second-order valence-electron chi connectivity index (χ2n) is 5.52. The second-order valence-corrected chi connectivity index (χ2v) is 16.4. The summed E-state index contributed by atoms with van der Waals surface area (Å²) in [6.45, 7) is 6.64. The molecular weight excluding hydrogens is 318 g/mol. The Morgan fingerprint density at radius 1 is 0.588 bits per heavy atom. The molecule has 0 N–H and O–H groups in total. The van der Waals surface area contributed by atoms with Gasteiger partial charge < -0.3 is 0 Å². The zero-order chi connectivity index (χ0) is 13.0. The van der Waals surface area contributed by atoms with Gasteiger partial charge in [0.05, 0.1) is 0 Å². The predicted octanol–water partition coefficient (Wildman–Crippen LogP) is 6.47. The number of hydrogen-bond donors (Lipinski definition) is 0. The van der Waals surface area contributed by atoms with Gasteiger partial charge in [0.25, 0.3) is 0 Å². The van der Waals surface area contributed by atoms with E-state index in [4.69, 9.17) is 0 Å². The first-order valence-corrected chi connectivity index (χ1v) is 15.0. The molecule has 104 valence electrons. The van der Waals surface area contributed by atoms with Crippen LogP contribution in [-0.4, -0.2) is 18.9 Å². The predicted molar refractivity (Wildman–Crippen MR) is 79.9 cm³/mol. The summed E-state index contributed by atoms with van der Waals surface area (Å²) in [6.07, 6.45) is 10.9. The van der Waals surface area contributed by atoms with Gasteiger partial charge in [0.2, 0.25) is 0 Å². The van der Waals surface area contributed by atoms with Crippen molar-refractivity contribution < 1.29 is 2.87 Å². The summed E-state index contributed by atoms with van der Waals surface area (Å²) in [5.74, 6) is 0. The van der Waals surface area contributed by atoms with Crippen LogP contribution in [0.3, 0.4) is 0 Å². The molecule has 0 aliphatic rings. The molecule has 0 rings (SSSR count). The monoisotopic (exact) mass is 352 g/mol. The Morgan fingerprint density at radius 2 is 0.882 bits per heavy atom. The van der Waals surface area contributed by atoms with Crippen LogP contribution in [0.25, 0.3) is 0 Å². The van der Waals surface area contributed by atoms with E-state index < -0.39 is 18.9 Å². The van der Waals surface area contributed by atoms with Gasteiger partial charge in [0, 0.05) is 0 Å². The van der Waals surface area contributed by atoms with Gasteiger partial charge >= 0.3 is 114 Å². The quantitative estimate of drug-likeness (QED) is 0.279. The molecule has 0 aromatic rings. The molecule has 0 aromatic carbocycles. The van der Waals surface area contributed by atoms with Crippen LogP contribution in [0.4, 0.5) is 2.87 Å². The van der Waals surface area contributed by atoms with Crippen molar-refractivity contribution >= 4 is 18.9 Å². The third kappa shape index (κ3) is 10.3. The van der Waals surface area contributed by atoms with Crippen molar-refractivity contribution in [2.75, 3.05) is 0 Å². The van der Waals surface area contributed by atoms with Crippen LogP contribution in [-0.2, 0) is 0 Å². The first-order chi connectivity index (χ1) is 8.18. The molecule has 0 nitrogen and oxygen atoms in total. The van der Waals surface area contributed by atoms with Crippen LogP contribution in [0.2, 0.25) is 13.3 Å². The van der Waals surface area contributed by atoms with E-state index in [0.717, 1.165) is 13.3 Å². The van der Waals surface area contributed by atoms with Crippen LogP contribution in [0, 0.1) is 0 Å². The number of unbranched alkanes of at least 4 members (excludes halogenated alkanes) is 6. The van der Waals surface area contributed by atoms with Crippen LogP contribution in [0.15, 0.2) is 0 Å². The molecule has 0 amide bonds. The van der Waals surface area contributed by atoms with Crippen molar-refractivity contribution in [2.24, 2.45) is 0 Å². The molecule has 17 heavy (non-hydrogen) atoms. The summed E-state index contributed by atoms with van der Waals surface area (Å²) in [7, 11) is 0. The fraction of sp³-hybridized carbons (Fsp3) is 1.00. The van der Waals surface area contributed by atoms with Crippen LogP contribution >= 0.6 is 0 Å². The zero-order valence-electron chi connectivity index (χ0n) is 12.4. The van der Waals surface area contributed by atoms with Crippen LogP contribution in [0.1, 0.15) is 78.6 Å². The van der Waals surface area contributed by atoms with Gasteiger partial charge in [-0.25, -0.2) is 0 Å². The Kier molecular flexibility index (Phi) is 12.3. The van der Waals surface area contributed by atoms with E-state index in [-0.39, 0.29) is 0 Å². The third-order valence-corrected chi connectivity index (χ3v) is 14.4. The minimum absolute atomic E-state index is 1.01. The van der Waals surface area contributed by atoms with Crippen LogP contribution in [0.5, 0.6) is 0 Å². The van der Waals surface area contributed by atoms with Gasteiger partial charge in [-0.05, 0) is 0 Å². The fourth-order valence-corrected chi connectivity index (χ4v) is 12.2. The van der Waals surface area contributed by atoms with Gasteiger partial charge in [-0.2, -0.15) is 0 Å². The van der Waals surface area contributed by atoms with E-state index in [2.05, 4.69) is 20.8 Å². The van der Waals surface area contributed by atoms with E-state index in [9.17, 15) is 2.87 Å². The first-order valence-electron chi connectivity index (χ1n) is 7.87. The molecule has 0 bridgehead atoms. The van der Waals surface area contributed by atoms with Crippen LogP contribution < -0.4 is 0 Å². The Labute approximate surface area is 113 Å². The standard InChI is InChI=1S/3C5H11.FH.Sn/c3*1-3-5-4-2;;/h3*1,3-5H2,2H3;1H;/q;;;;+1/p-1. The molecule has 2 heteroatoms. The van der Waals surface area contributed by atoms with Crippen molar-refractivity contribution in [3.8, 4) is 0 Å². The molecule has 0 fully saturated rings. The summed E-state index contributed by atoms with van der Waals surface area (Å²) < 4.78 is 18.0. The SMILES string of the molecule is CCCC[CH2][Sn]([F])([CH2]CCCC)[CH2]CCCC. The number of halogens is 1. The molecule has 0 spiro atoms. The van der Waals surface area contributed by atoms with Gasteiger partial charge in [-0.1, -0.05) is 0 Å². The average Bonchev–Trinajstić information content (AvgIpc) is 2.30. The molecule has 0 aliphatic carbocycles. The maximum absolute atomic E-state index is 15.0. The Hall–Kier alpha value is 0.729. The molecule has 0 radical (unpaired) electrons. The molecule has 0 unspecified atom stereocenters. The number of rotatable bonds is 12. The first kappa shape index (κ1) is 17.7. The van der Waals surface area contributed by atoms with E-state index >= 15 is 0 Å². The van der Waals surface area contributed by atoms with E-state index in [1.807, 2.05) is 0 Å². The maximum atomic E-state index is 15.0. The molecule has 0 saturated heterocycles. The Morgan fingerprint density at radius 3 is 1.12 bits per heavy atom. The van der Waals surface area contributed by atoms with Gasteiger partial charge in [-0.15, -0.1) is 0 Å². The summed E-state index contributed by atoms with van der Waals surface area (Å²) in [5, 5.41) is 0. The molecule has 0 heterocycles. The van der Waals surface area contributed by atoms with E-state index in [0.29, 0.717) is 0 Å². The van der Waals surface area contributed by atoms with E-state index in [1.165, 1.54) is 57.8 Å². The average molecular weight is 351 g/mol. The summed E-state index contributed by atoms with van der Waals surface area (Å²) >= 11 is -3.14. The molecule has 0 aromatic heterocycles. The molecule has 0 aliphatic heterocycles. The van der Waals surface area contributed by atoms with Crippen molar-refractivity contribution in [2.45, 2.75) is 91.9 Å². The molecule has 0 saturated carbocycles. The molecular formula is C15H33FSn. The fourth-order valence-electron chi connectivity index (χ4n) is 2.45. The minimum atomic E-state index is -3.14. The van der Waals surface area contributed by atoms with Gasteiger partial charge in [0.1, 0.15) is 0 Å². The normalized spacial score (nSPS) is 12.0. The third-order valence-electron chi connectivity index (χ3n) is 3.69. The Bertz CT molecular complexity index is 132. The van der Waals surface area contributed by atoms with Gasteiger partial charge in [-0.3, -0.25) is 0 Å². The van der Waals surface area contributed by atoms with E-state index in [1.54, 1.807) is 0 Å². The van der Waals surface area contributed by atoms with Gasteiger partial charge in [0.15, 0.2) is 0 Å². The number of hydrogen-bond acceptors (Lipinski definition) is 0. The summed E-state index contributed by atoms with van der Waals surface area (Å²) in [4.78, 5) is 0. The van der Waals surface area contributed by atoms with Crippen molar-refractivity contribution in [3.63, 3.8) is 0 Å². The Balaban J connectivity index is 3.95. The topological polar surface area (TPSA) is 0 Å². The van der Waals surface area contributed by atoms with Crippen molar-refractivity contribution in [3.05, 3.63) is 0 Å². The summed E-state index contributed by atoms with van der Waals surface area (Å²) in [6, 6.07) is 0. The van der Waals surface area contributed by atoms with Crippen molar-refractivity contribution in [1.29, 1.82) is 0 Å². The van der Waals surface area contributed by atoms with Crippen molar-refractivity contribution in [1.82, 2.24) is 0 Å². The summed E-state index contributed by atoms with van der Waals surface area (Å²) in [5.41, 5.74) is 0.